The number of aromatic nitrogens is 2. The second-order valence-corrected chi connectivity index (χ2v) is 12.9. The van der Waals surface area contributed by atoms with Crippen molar-refractivity contribution in [2.24, 2.45) is 5.10 Å². The summed E-state index contributed by atoms with van der Waals surface area (Å²) in [5.74, 6) is -0.0543. The van der Waals surface area contributed by atoms with E-state index in [-0.39, 0.29) is 17.1 Å². The zero-order valence-corrected chi connectivity index (χ0v) is 23.4. The molecule has 1 aliphatic heterocycles. The Morgan fingerprint density at radius 1 is 0.784 bits per heavy atom. The third-order valence-electron chi connectivity index (χ3n) is 7.01. The minimum Gasteiger partial charge on any atom is -0.747 e. The van der Waals surface area contributed by atoms with E-state index in [1.165, 1.54) is 81.4 Å². The van der Waals surface area contributed by atoms with Gasteiger partial charge in [-0.2, -0.15) is 5.10 Å². The van der Waals surface area contributed by atoms with E-state index < -0.39 is 30.4 Å². The van der Waals surface area contributed by atoms with Crippen LogP contribution in [-0.2, 0) is 20.2 Å². The minimum absolute atomic E-state index is 0.0543. The molecule has 1 unspecified atom stereocenters. The van der Waals surface area contributed by atoms with Crippen molar-refractivity contribution in [1.82, 2.24) is 9.66 Å². The first-order valence-electron chi connectivity index (χ1n) is 13.6. The maximum Gasteiger partial charge on any atom is 0.154 e. The smallest absolute Gasteiger partial charge is 0.154 e. The molecule has 11 heteroatoms. The van der Waals surface area contributed by atoms with Crippen molar-refractivity contribution in [1.29, 1.82) is 0 Å². The second kappa shape index (κ2) is 13.8. The summed E-state index contributed by atoms with van der Waals surface area (Å²) in [5.41, 5.74) is 0.715. The molecule has 0 amide bonds. The lowest BCUT2D eigenvalue weighted by atomic mass is 10.0. The predicted molar refractivity (Wildman–Crippen MR) is 143 cm³/mol. The van der Waals surface area contributed by atoms with Crippen LogP contribution in [-0.4, -0.2) is 41.3 Å². The minimum atomic E-state index is -4.77. The number of hydrogen-bond acceptors (Lipinski definition) is 8. The molecule has 0 radical (unpaired) electrons. The van der Waals surface area contributed by atoms with Crippen LogP contribution in [0.3, 0.4) is 0 Å². The van der Waals surface area contributed by atoms with Gasteiger partial charge in [-0.15, -0.1) is 0 Å². The Bertz CT molecular complexity index is 1270. The lowest BCUT2D eigenvalue weighted by molar-refractivity contribution is 0.456. The maximum atomic E-state index is 12.0. The van der Waals surface area contributed by atoms with Gasteiger partial charge in [0.1, 0.15) is 25.5 Å². The summed E-state index contributed by atoms with van der Waals surface area (Å²) in [7, 11) is -9.45. The van der Waals surface area contributed by atoms with E-state index in [2.05, 4.69) is 17.0 Å². The van der Waals surface area contributed by atoms with Crippen molar-refractivity contribution in [3.8, 4) is 0 Å². The molecule has 1 aromatic heterocycles. The molecule has 37 heavy (non-hydrogen) atoms. The van der Waals surface area contributed by atoms with Gasteiger partial charge in [0, 0.05) is 0 Å². The van der Waals surface area contributed by atoms with E-state index in [1.54, 1.807) is 0 Å². The molecule has 0 spiro atoms. The van der Waals surface area contributed by atoms with Crippen LogP contribution in [0.5, 0.6) is 0 Å². The van der Waals surface area contributed by atoms with Gasteiger partial charge >= 0.3 is 0 Å². The Morgan fingerprint density at radius 2 is 1.30 bits per heavy atom. The van der Waals surface area contributed by atoms with E-state index >= 15 is 0 Å². The number of benzene rings is 1. The largest absolute Gasteiger partial charge is 0.747 e. The highest BCUT2D eigenvalue weighted by Crippen LogP contribution is 2.34. The summed E-state index contributed by atoms with van der Waals surface area (Å²) >= 11 is 0. The Morgan fingerprint density at radius 3 is 1.78 bits per heavy atom. The number of imidazole rings is 1. The van der Waals surface area contributed by atoms with Crippen molar-refractivity contribution in [2.45, 2.75) is 120 Å². The molecular weight excluding hydrogens is 514 g/mol. The third kappa shape index (κ3) is 8.59. The fourth-order valence-corrected chi connectivity index (χ4v) is 6.38. The SMILES string of the molecule is CCCCCCCCCCCCCCCCCC1=Nn2c(nc3cc(S(=O)(=O)[O-])ccc32)C1S(=O)(=O)[O-]. The molecule has 0 saturated heterocycles. The molecule has 0 N–H and O–H groups in total. The average molecular weight is 554 g/mol. The summed E-state index contributed by atoms with van der Waals surface area (Å²) in [6.07, 6.45) is 18.7. The second-order valence-electron chi connectivity index (χ2n) is 10.1. The maximum absolute atomic E-state index is 12.0. The fraction of sp³-hybridized carbons (Fsp3) is 0.692. The normalized spacial score (nSPS) is 15.9. The lowest BCUT2D eigenvalue weighted by Crippen LogP contribution is -2.20. The summed E-state index contributed by atoms with van der Waals surface area (Å²) < 4.78 is 71.2. The van der Waals surface area contributed by atoms with E-state index in [4.69, 9.17) is 0 Å². The van der Waals surface area contributed by atoms with Crippen LogP contribution in [0.1, 0.15) is 121 Å². The van der Waals surface area contributed by atoms with Gasteiger partial charge < -0.3 is 9.11 Å². The Hall–Kier alpha value is -1.82. The highest BCUT2D eigenvalue weighted by molar-refractivity contribution is 7.86. The number of unbranched alkanes of at least 4 members (excludes halogenated alkanes) is 14. The monoisotopic (exact) mass is 553 g/mol. The molecular formula is C26H39N3O6S2-2. The van der Waals surface area contributed by atoms with Gasteiger partial charge in [0.15, 0.2) is 5.82 Å². The van der Waals surface area contributed by atoms with Crippen LogP contribution >= 0.6 is 0 Å². The van der Waals surface area contributed by atoms with Gasteiger partial charge in [0.25, 0.3) is 0 Å². The molecule has 0 fully saturated rings. The quantitative estimate of drug-likeness (QED) is 0.162. The molecule has 0 saturated carbocycles. The molecule has 1 aliphatic rings. The predicted octanol–water partition coefficient (Wildman–Crippen LogP) is 6.01. The van der Waals surface area contributed by atoms with Crippen molar-refractivity contribution in [3.05, 3.63) is 24.0 Å². The van der Waals surface area contributed by atoms with Crippen LogP contribution in [0, 0.1) is 0 Å². The Labute approximate surface area is 221 Å². The van der Waals surface area contributed by atoms with Crippen LogP contribution in [0.4, 0.5) is 0 Å². The third-order valence-corrected chi connectivity index (χ3v) is 8.90. The van der Waals surface area contributed by atoms with Crippen molar-refractivity contribution in [3.63, 3.8) is 0 Å². The van der Waals surface area contributed by atoms with E-state index in [1.807, 2.05) is 0 Å². The summed E-state index contributed by atoms with van der Waals surface area (Å²) in [6, 6.07) is 3.55. The van der Waals surface area contributed by atoms with E-state index in [0.29, 0.717) is 11.9 Å². The van der Waals surface area contributed by atoms with Gasteiger partial charge in [-0.05, 0) is 31.0 Å². The highest BCUT2D eigenvalue weighted by Gasteiger charge is 2.35. The average Bonchev–Trinajstić information content (AvgIpc) is 3.35. The molecule has 208 valence electrons. The highest BCUT2D eigenvalue weighted by atomic mass is 32.2. The molecule has 9 nitrogen and oxygen atoms in total. The zero-order valence-electron chi connectivity index (χ0n) is 21.7. The van der Waals surface area contributed by atoms with Gasteiger partial charge in [-0.1, -0.05) is 96.8 Å². The first-order valence-corrected chi connectivity index (χ1v) is 16.5. The molecule has 1 aromatic carbocycles. The lowest BCUT2D eigenvalue weighted by Gasteiger charge is -2.16. The number of hydrogen-bond donors (Lipinski definition) is 0. The Balaban J connectivity index is 1.40. The summed E-state index contributed by atoms with van der Waals surface area (Å²) in [4.78, 5) is 3.68. The van der Waals surface area contributed by atoms with Gasteiger partial charge in [0.2, 0.25) is 0 Å². The molecule has 2 heterocycles. The van der Waals surface area contributed by atoms with Crippen LogP contribution in [0.2, 0.25) is 0 Å². The fourth-order valence-electron chi connectivity index (χ4n) is 4.98. The van der Waals surface area contributed by atoms with Crippen molar-refractivity contribution in [2.75, 3.05) is 0 Å². The molecule has 0 bridgehead atoms. The molecule has 2 aromatic rings. The number of nitrogens with zero attached hydrogens (tertiary/aromatic N) is 3. The van der Waals surface area contributed by atoms with Gasteiger partial charge in [-0.25, -0.2) is 26.5 Å². The summed E-state index contributed by atoms with van der Waals surface area (Å²) in [5, 5.41) is 2.85. The first-order chi connectivity index (χ1) is 17.6. The van der Waals surface area contributed by atoms with Crippen molar-refractivity contribution < 1.29 is 25.9 Å². The van der Waals surface area contributed by atoms with Gasteiger partial charge in [-0.3, -0.25) is 0 Å². The summed E-state index contributed by atoms with van der Waals surface area (Å²) in [6.45, 7) is 2.24. The molecule has 3 rings (SSSR count). The van der Waals surface area contributed by atoms with Crippen LogP contribution in [0.25, 0.3) is 11.0 Å². The van der Waals surface area contributed by atoms with Crippen molar-refractivity contribution >= 4 is 37.0 Å². The standard InChI is InChI=1S/C26H41N3O6S2/c1-2-3-4-5-6-7-8-9-10-11-12-13-14-15-16-17-22-25(37(33,34)35)26-27-23-20-21(36(30,31)32)18-19-24(23)29(26)28-22/h18-20,25H,2-17H2,1H3,(H,30,31,32)(H,33,34,35)/p-2. The van der Waals surface area contributed by atoms with E-state index in [9.17, 15) is 25.9 Å². The van der Waals surface area contributed by atoms with Crippen LogP contribution in [0.15, 0.2) is 28.2 Å². The zero-order chi connectivity index (χ0) is 26.9. The number of rotatable bonds is 18. The molecule has 1 atom stereocenters. The van der Waals surface area contributed by atoms with Crippen LogP contribution < -0.4 is 0 Å². The first kappa shape index (κ1) is 29.7. The number of fused-ring (bicyclic) bond motifs is 3. The topological polar surface area (TPSA) is 145 Å². The molecule has 0 aliphatic carbocycles. The Kier molecular flexibility index (Phi) is 11.1. The van der Waals surface area contributed by atoms with Gasteiger partial charge in [0.05, 0.1) is 21.6 Å². The van der Waals surface area contributed by atoms with E-state index in [0.717, 1.165) is 37.8 Å².